The van der Waals surface area contributed by atoms with Crippen LogP contribution in [0.5, 0.6) is 0 Å². The highest BCUT2D eigenvalue weighted by Gasteiger charge is 2.28. The number of halogens is 3. The van der Waals surface area contributed by atoms with Crippen LogP contribution in [0.25, 0.3) is 0 Å². The minimum absolute atomic E-state index is 0.0366. The van der Waals surface area contributed by atoms with Crippen molar-refractivity contribution < 1.29 is 17.7 Å². The van der Waals surface area contributed by atoms with E-state index in [2.05, 4.69) is 20.4 Å². The van der Waals surface area contributed by atoms with Gasteiger partial charge < -0.3 is 9.84 Å². The van der Waals surface area contributed by atoms with Crippen molar-refractivity contribution in [1.29, 1.82) is 0 Å². The van der Waals surface area contributed by atoms with Gasteiger partial charge in [-0.05, 0) is 6.92 Å². The number of rotatable bonds is 4. The van der Waals surface area contributed by atoms with Crippen LogP contribution in [0.2, 0.25) is 0 Å². The monoisotopic (exact) mass is 278 g/mol. The Balaban J connectivity index is 1.92. The molecule has 0 saturated carbocycles. The predicted octanol–water partition coefficient (Wildman–Crippen LogP) is 1.53. The van der Waals surface area contributed by atoms with E-state index in [1.54, 1.807) is 0 Å². The van der Waals surface area contributed by atoms with Crippen LogP contribution in [0.4, 0.5) is 13.2 Å². The van der Waals surface area contributed by atoms with E-state index in [1.807, 2.05) is 6.92 Å². The predicted molar refractivity (Wildman–Crippen MR) is 61.5 cm³/mol. The number of hydrogen-bond donors (Lipinski definition) is 1. The van der Waals surface area contributed by atoms with E-state index in [0.29, 0.717) is 5.82 Å². The molecule has 0 aliphatic carbocycles. The lowest BCUT2D eigenvalue weighted by atomic mass is 10.2. The molecule has 2 rings (SSSR count). The Morgan fingerprint density at radius 2 is 2.05 bits per heavy atom. The van der Waals surface area contributed by atoms with Gasteiger partial charge in [0.05, 0.1) is 12.5 Å². The van der Waals surface area contributed by atoms with E-state index in [-0.39, 0.29) is 18.4 Å². The van der Waals surface area contributed by atoms with E-state index in [4.69, 9.17) is 4.52 Å². The van der Waals surface area contributed by atoms with Gasteiger partial charge in [-0.2, -0.15) is 18.2 Å². The van der Waals surface area contributed by atoms with Crippen LogP contribution in [-0.4, -0.2) is 47.4 Å². The molecule has 1 N–H and O–H groups in total. The van der Waals surface area contributed by atoms with Crippen molar-refractivity contribution in [2.24, 2.45) is 0 Å². The first kappa shape index (κ1) is 14.3. The number of alkyl halides is 3. The van der Waals surface area contributed by atoms with E-state index >= 15 is 0 Å². The second-order valence-electron chi connectivity index (χ2n) is 4.62. The van der Waals surface area contributed by atoms with Gasteiger partial charge in [-0.3, -0.25) is 4.90 Å². The highest BCUT2D eigenvalue weighted by Crippen LogP contribution is 2.23. The molecule has 19 heavy (non-hydrogen) atoms. The Morgan fingerprint density at radius 3 is 2.68 bits per heavy atom. The quantitative estimate of drug-likeness (QED) is 0.905. The second-order valence-corrected chi connectivity index (χ2v) is 4.62. The Kier molecular flexibility index (Phi) is 4.41. The van der Waals surface area contributed by atoms with Crippen LogP contribution in [0, 0.1) is 0 Å². The zero-order chi connectivity index (χ0) is 13.9. The summed E-state index contributed by atoms with van der Waals surface area (Å²) < 4.78 is 41.1. The van der Waals surface area contributed by atoms with E-state index in [0.717, 1.165) is 26.2 Å². The smallest absolute Gasteiger partial charge is 0.339 e. The maximum Gasteiger partial charge on any atom is 0.389 e. The number of nitrogens with one attached hydrogen (secondary N) is 1. The fraction of sp³-hybridized carbons (Fsp3) is 0.818. The average Bonchev–Trinajstić information content (AvgIpc) is 2.84. The lowest BCUT2D eigenvalue weighted by molar-refractivity contribution is -0.134. The minimum atomic E-state index is -4.20. The highest BCUT2D eigenvalue weighted by atomic mass is 19.4. The van der Waals surface area contributed by atoms with Gasteiger partial charge in [-0.15, -0.1) is 0 Å². The number of piperazine rings is 1. The molecule has 1 fully saturated rings. The number of aryl methyl sites for hydroxylation is 1. The lowest BCUT2D eigenvalue weighted by Crippen LogP contribution is -2.44. The molecule has 2 heterocycles. The molecule has 0 bridgehead atoms. The topological polar surface area (TPSA) is 54.2 Å². The molecule has 1 aliphatic rings. The van der Waals surface area contributed by atoms with Gasteiger partial charge in [0, 0.05) is 32.6 Å². The normalized spacial score (nSPS) is 19.6. The standard InChI is InChI=1S/C11H17F3N4O/c1-8(18-6-4-15-5-7-18)10-16-9(19-17-10)2-3-11(12,13)14/h8,15H,2-7H2,1H3. The zero-order valence-electron chi connectivity index (χ0n) is 10.7. The highest BCUT2D eigenvalue weighted by molar-refractivity contribution is 4.94. The van der Waals surface area contributed by atoms with Crippen molar-refractivity contribution >= 4 is 0 Å². The largest absolute Gasteiger partial charge is 0.389 e. The van der Waals surface area contributed by atoms with Gasteiger partial charge in [-0.25, -0.2) is 0 Å². The summed E-state index contributed by atoms with van der Waals surface area (Å²) in [6.07, 6.45) is -5.39. The molecule has 0 radical (unpaired) electrons. The summed E-state index contributed by atoms with van der Waals surface area (Å²) in [4.78, 5) is 6.22. The summed E-state index contributed by atoms with van der Waals surface area (Å²) in [5, 5.41) is 7.01. The van der Waals surface area contributed by atoms with Crippen LogP contribution in [-0.2, 0) is 6.42 Å². The number of aromatic nitrogens is 2. The first-order valence-corrected chi connectivity index (χ1v) is 6.30. The summed E-state index contributed by atoms with van der Waals surface area (Å²) in [5.74, 6) is 0.508. The zero-order valence-corrected chi connectivity index (χ0v) is 10.7. The third-order valence-corrected chi connectivity index (χ3v) is 3.18. The van der Waals surface area contributed by atoms with Crippen molar-refractivity contribution in [3.05, 3.63) is 11.7 Å². The summed E-state index contributed by atoms with van der Waals surface area (Å²) >= 11 is 0. The molecule has 0 spiro atoms. The van der Waals surface area contributed by atoms with Crippen LogP contribution < -0.4 is 5.32 Å². The molecule has 5 nitrogen and oxygen atoms in total. The molecule has 8 heteroatoms. The van der Waals surface area contributed by atoms with Crippen molar-refractivity contribution in [3.63, 3.8) is 0 Å². The molecular formula is C11H17F3N4O. The molecule has 1 aromatic heterocycles. The molecular weight excluding hydrogens is 261 g/mol. The van der Waals surface area contributed by atoms with Crippen LogP contribution in [0.1, 0.15) is 31.1 Å². The van der Waals surface area contributed by atoms with Crippen LogP contribution >= 0.6 is 0 Å². The summed E-state index contributed by atoms with van der Waals surface area (Å²) in [5.41, 5.74) is 0. The first-order valence-electron chi connectivity index (χ1n) is 6.30. The maximum absolute atomic E-state index is 12.1. The SMILES string of the molecule is CC(c1noc(CCC(F)(F)F)n1)N1CCNCC1. The maximum atomic E-state index is 12.1. The van der Waals surface area contributed by atoms with Gasteiger partial charge in [0.2, 0.25) is 5.89 Å². The molecule has 0 aromatic carbocycles. The molecule has 0 amide bonds. The number of nitrogens with zero attached hydrogens (tertiary/aromatic N) is 3. The van der Waals surface area contributed by atoms with Crippen LogP contribution in [0.15, 0.2) is 4.52 Å². The van der Waals surface area contributed by atoms with Gasteiger partial charge in [0.25, 0.3) is 0 Å². The van der Waals surface area contributed by atoms with Gasteiger partial charge in [-0.1, -0.05) is 5.16 Å². The summed E-state index contributed by atoms with van der Waals surface area (Å²) in [6.45, 7) is 5.46. The Bertz CT molecular complexity index is 401. The van der Waals surface area contributed by atoms with Crippen molar-refractivity contribution in [2.45, 2.75) is 32.0 Å². The van der Waals surface area contributed by atoms with Crippen molar-refractivity contribution in [2.75, 3.05) is 26.2 Å². The van der Waals surface area contributed by atoms with Gasteiger partial charge in [0.15, 0.2) is 5.82 Å². The van der Waals surface area contributed by atoms with E-state index < -0.39 is 12.6 Å². The second kappa shape index (κ2) is 5.87. The number of hydrogen-bond acceptors (Lipinski definition) is 5. The minimum Gasteiger partial charge on any atom is -0.339 e. The summed E-state index contributed by atoms with van der Waals surface area (Å²) in [7, 11) is 0. The fourth-order valence-electron chi connectivity index (χ4n) is 2.02. The van der Waals surface area contributed by atoms with Gasteiger partial charge in [0.1, 0.15) is 0 Å². The van der Waals surface area contributed by atoms with Crippen LogP contribution in [0.3, 0.4) is 0 Å². The third kappa shape index (κ3) is 4.17. The average molecular weight is 278 g/mol. The third-order valence-electron chi connectivity index (χ3n) is 3.18. The molecule has 1 aliphatic heterocycles. The molecule has 1 aromatic rings. The summed E-state index contributed by atoms with van der Waals surface area (Å²) in [6, 6.07) is -0.0366. The van der Waals surface area contributed by atoms with Gasteiger partial charge >= 0.3 is 6.18 Å². The Labute approximate surface area is 109 Å². The molecule has 1 atom stereocenters. The van der Waals surface area contributed by atoms with Crippen molar-refractivity contribution in [3.8, 4) is 0 Å². The molecule has 1 unspecified atom stereocenters. The van der Waals surface area contributed by atoms with E-state index in [1.165, 1.54) is 0 Å². The lowest BCUT2D eigenvalue weighted by Gasteiger charge is -2.30. The Hall–Kier alpha value is -1.15. The Morgan fingerprint density at radius 1 is 1.37 bits per heavy atom. The van der Waals surface area contributed by atoms with Crippen molar-refractivity contribution in [1.82, 2.24) is 20.4 Å². The fourth-order valence-corrected chi connectivity index (χ4v) is 2.02. The molecule has 1 saturated heterocycles. The molecule has 108 valence electrons. The van der Waals surface area contributed by atoms with E-state index in [9.17, 15) is 13.2 Å². The first-order chi connectivity index (χ1) is 8.96.